The topological polar surface area (TPSA) is 149 Å². The molecule has 0 spiro atoms. The molecule has 3 aromatic carbocycles. The van der Waals surface area contributed by atoms with Crippen LogP contribution in [0.3, 0.4) is 0 Å². The van der Waals surface area contributed by atoms with Gasteiger partial charge < -0.3 is 24.4 Å². The summed E-state index contributed by atoms with van der Waals surface area (Å²) in [5, 5.41) is 20.9. The van der Waals surface area contributed by atoms with Crippen molar-refractivity contribution in [1.29, 1.82) is 0 Å². The van der Waals surface area contributed by atoms with Crippen molar-refractivity contribution in [3.05, 3.63) is 114 Å². The fourth-order valence-electron chi connectivity index (χ4n) is 5.08. The van der Waals surface area contributed by atoms with Gasteiger partial charge in [-0.25, -0.2) is 19.9 Å². The summed E-state index contributed by atoms with van der Waals surface area (Å²) in [6.07, 6.45) is -1.33. The van der Waals surface area contributed by atoms with Crippen molar-refractivity contribution in [3.8, 4) is 5.75 Å². The molecule has 0 unspecified atom stereocenters. The van der Waals surface area contributed by atoms with Crippen molar-refractivity contribution in [1.82, 2.24) is 19.5 Å². The smallest absolute Gasteiger partial charge is 0.266 e. The van der Waals surface area contributed by atoms with Crippen LogP contribution in [0.2, 0.25) is 0 Å². The first-order valence-electron chi connectivity index (χ1n) is 13.9. The van der Waals surface area contributed by atoms with Crippen molar-refractivity contribution < 1.29 is 34.0 Å². The maximum absolute atomic E-state index is 13.8. The van der Waals surface area contributed by atoms with Crippen LogP contribution in [-0.2, 0) is 16.1 Å². The fraction of sp³-hybridized carbons (Fsp3) is 0.219. The Labute approximate surface area is 252 Å². The zero-order valence-electron chi connectivity index (χ0n) is 23.6. The number of imidazole rings is 1. The van der Waals surface area contributed by atoms with E-state index in [1.54, 1.807) is 79.9 Å². The number of methoxy groups -OCH3 is 1. The summed E-state index contributed by atoms with van der Waals surface area (Å²) >= 11 is 0. The molecule has 0 bridgehead atoms. The number of ether oxygens (including phenoxy) is 3. The molecule has 1 fully saturated rings. The van der Waals surface area contributed by atoms with Gasteiger partial charge in [-0.1, -0.05) is 48.5 Å². The zero-order valence-corrected chi connectivity index (χ0v) is 23.6. The summed E-state index contributed by atoms with van der Waals surface area (Å²) in [7, 11) is 1.58. The van der Waals surface area contributed by atoms with E-state index in [0.717, 1.165) is 10.5 Å². The lowest BCUT2D eigenvalue weighted by molar-refractivity contribution is -0.0761. The van der Waals surface area contributed by atoms with Crippen molar-refractivity contribution in [2.24, 2.45) is 0 Å². The van der Waals surface area contributed by atoms with Gasteiger partial charge in [-0.15, -0.1) is 0 Å². The Morgan fingerprint density at radius 1 is 0.909 bits per heavy atom. The van der Waals surface area contributed by atoms with E-state index >= 15 is 0 Å². The highest BCUT2D eigenvalue weighted by molar-refractivity contribution is 6.27. The van der Waals surface area contributed by atoms with Crippen molar-refractivity contribution in [3.63, 3.8) is 0 Å². The Kier molecular flexibility index (Phi) is 8.39. The van der Waals surface area contributed by atoms with Gasteiger partial charge in [0.25, 0.3) is 11.8 Å². The third-order valence-electron chi connectivity index (χ3n) is 7.37. The number of imide groups is 1. The number of benzene rings is 3. The minimum Gasteiger partial charge on any atom is -0.497 e. The molecule has 0 saturated carbocycles. The summed E-state index contributed by atoms with van der Waals surface area (Å²) in [6, 6.07) is 24.1. The lowest BCUT2D eigenvalue weighted by Gasteiger charge is -2.23. The van der Waals surface area contributed by atoms with Crippen LogP contribution in [0.25, 0.3) is 11.2 Å². The number of aliphatic hydroxyl groups is 2. The Morgan fingerprint density at radius 3 is 2.14 bits per heavy atom. The highest BCUT2D eigenvalue weighted by atomic mass is 16.6. The Bertz CT molecular complexity index is 1700. The summed E-state index contributed by atoms with van der Waals surface area (Å²) in [6.45, 7) is -0.306. The molecule has 6 rings (SSSR count). The third-order valence-corrected chi connectivity index (χ3v) is 7.37. The van der Waals surface area contributed by atoms with E-state index in [9.17, 15) is 19.8 Å². The standard InChI is InChI=1S/C32H29N5O7/c1-42-23-14-12-20(13-15-23)17-43-27-26(39)24(16-38)44-32(27)36-19-35-25-28(36)33-18-34-29(25)37(30(40)21-8-4-2-5-9-21)31(41)22-10-6-3-7-11-22/h2-15,18-19,24,26-27,32,38-39H,16-17H2,1H3/t24-,26-,27-,32-/m1/s1. The molecule has 44 heavy (non-hydrogen) atoms. The molecular weight excluding hydrogens is 566 g/mol. The van der Waals surface area contributed by atoms with E-state index in [0.29, 0.717) is 5.75 Å². The molecule has 4 atom stereocenters. The largest absolute Gasteiger partial charge is 0.497 e. The van der Waals surface area contributed by atoms with E-state index < -0.39 is 43.0 Å². The second kappa shape index (κ2) is 12.7. The minimum absolute atomic E-state index is 0.0237. The van der Waals surface area contributed by atoms with Crippen LogP contribution in [0.4, 0.5) is 5.82 Å². The Balaban J connectivity index is 1.37. The summed E-state index contributed by atoms with van der Waals surface area (Å²) in [5.41, 5.74) is 1.78. The molecule has 5 aromatic rings. The molecular formula is C32H29N5O7. The third kappa shape index (κ3) is 5.54. The fourth-order valence-corrected chi connectivity index (χ4v) is 5.08. The van der Waals surface area contributed by atoms with Gasteiger partial charge in [0.15, 0.2) is 23.2 Å². The quantitative estimate of drug-likeness (QED) is 0.243. The molecule has 0 radical (unpaired) electrons. The van der Waals surface area contributed by atoms with Crippen LogP contribution in [0.5, 0.6) is 5.75 Å². The molecule has 1 aliphatic rings. The number of fused-ring (bicyclic) bond motifs is 1. The molecule has 2 amide bonds. The van der Waals surface area contributed by atoms with Crippen LogP contribution in [0.15, 0.2) is 97.6 Å². The molecule has 12 heteroatoms. The second-order valence-electron chi connectivity index (χ2n) is 10.1. The summed E-state index contributed by atoms with van der Waals surface area (Å²) in [4.78, 5) is 41.8. The number of aromatic nitrogens is 4. The van der Waals surface area contributed by atoms with Gasteiger partial charge in [0.1, 0.15) is 30.4 Å². The average molecular weight is 596 g/mol. The lowest BCUT2D eigenvalue weighted by atomic mass is 10.1. The van der Waals surface area contributed by atoms with E-state index in [2.05, 4.69) is 15.0 Å². The Morgan fingerprint density at radius 2 is 1.55 bits per heavy atom. The highest BCUT2D eigenvalue weighted by Crippen LogP contribution is 2.35. The maximum atomic E-state index is 13.8. The van der Waals surface area contributed by atoms with Gasteiger partial charge >= 0.3 is 0 Å². The first-order chi connectivity index (χ1) is 21.5. The number of amides is 2. The van der Waals surface area contributed by atoms with Crippen molar-refractivity contribution in [2.75, 3.05) is 18.6 Å². The van der Waals surface area contributed by atoms with Crippen LogP contribution < -0.4 is 9.64 Å². The molecule has 12 nitrogen and oxygen atoms in total. The maximum Gasteiger partial charge on any atom is 0.266 e. The molecule has 224 valence electrons. The molecule has 1 saturated heterocycles. The monoisotopic (exact) mass is 595 g/mol. The van der Waals surface area contributed by atoms with Crippen molar-refractivity contribution in [2.45, 2.75) is 31.1 Å². The van der Waals surface area contributed by atoms with Gasteiger partial charge in [-0.05, 0) is 42.0 Å². The number of aliphatic hydroxyl groups excluding tert-OH is 2. The summed E-state index contributed by atoms with van der Waals surface area (Å²) < 4.78 is 18.9. The first-order valence-corrected chi connectivity index (χ1v) is 13.9. The van der Waals surface area contributed by atoms with E-state index in [4.69, 9.17) is 14.2 Å². The predicted octanol–water partition coefficient (Wildman–Crippen LogP) is 3.16. The number of nitrogens with zero attached hydrogens (tertiary/aromatic N) is 5. The van der Waals surface area contributed by atoms with Gasteiger partial charge in [-0.2, -0.15) is 0 Å². The lowest BCUT2D eigenvalue weighted by Crippen LogP contribution is -2.38. The SMILES string of the molecule is COc1ccc(CO[C@@H]2[C@H](O)[C@@H](CO)O[C@H]2n2cnc3c(N(C(=O)c4ccccc4)C(=O)c4ccccc4)ncnc32)cc1. The summed E-state index contributed by atoms with van der Waals surface area (Å²) in [5.74, 6) is -0.517. The zero-order chi connectivity index (χ0) is 30.6. The molecule has 3 heterocycles. The van der Waals surface area contributed by atoms with Crippen LogP contribution in [0, 0.1) is 0 Å². The number of carbonyl (C=O) groups is 2. The van der Waals surface area contributed by atoms with Crippen LogP contribution in [0.1, 0.15) is 32.5 Å². The van der Waals surface area contributed by atoms with E-state index in [1.807, 2.05) is 12.1 Å². The molecule has 2 aromatic heterocycles. The minimum atomic E-state index is -1.17. The molecule has 0 aliphatic carbocycles. The average Bonchev–Trinajstić information content (AvgIpc) is 3.65. The van der Waals surface area contributed by atoms with Crippen molar-refractivity contribution >= 4 is 28.8 Å². The number of hydrogen-bond acceptors (Lipinski definition) is 10. The predicted molar refractivity (Wildman–Crippen MR) is 158 cm³/mol. The number of carbonyl (C=O) groups excluding carboxylic acids is 2. The van der Waals surface area contributed by atoms with Crippen LogP contribution >= 0.6 is 0 Å². The van der Waals surface area contributed by atoms with E-state index in [-0.39, 0.29) is 34.7 Å². The number of hydrogen-bond donors (Lipinski definition) is 2. The highest BCUT2D eigenvalue weighted by Gasteiger charge is 2.46. The second-order valence-corrected chi connectivity index (χ2v) is 10.1. The van der Waals surface area contributed by atoms with E-state index in [1.165, 1.54) is 17.2 Å². The van der Waals surface area contributed by atoms with Gasteiger partial charge in [0.05, 0.1) is 26.7 Å². The molecule has 2 N–H and O–H groups in total. The first kappa shape index (κ1) is 29.1. The van der Waals surface area contributed by atoms with Gasteiger partial charge in [-0.3, -0.25) is 14.2 Å². The van der Waals surface area contributed by atoms with Gasteiger partial charge in [0, 0.05) is 11.1 Å². The normalized spacial score (nSPS) is 19.6. The number of rotatable bonds is 9. The Hall–Kier alpha value is -5.01. The molecule has 1 aliphatic heterocycles. The van der Waals surface area contributed by atoms with Gasteiger partial charge in [0.2, 0.25) is 0 Å². The van der Waals surface area contributed by atoms with Crippen LogP contribution in [-0.4, -0.2) is 73.6 Å². The number of anilines is 1.